The Morgan fingerprint density at radius 2 is 1.76 bits per heavy atom. The van der Waals surface area contributed by atoms with Gasteiger partial charge in [-0.25, -0.2) is 0 Å². The second-order valence-electron chi connectivity index (χ2n) is 4.51. The van der Waals surface area contributed by atoms with E-state index < -0.39 is 0 Å². The maximum Gasteiger partial charge on any atom is 0.203 e. The highest BCUT2D eigenvalue weighted by Gasteiger charge is 2.19. The highest BCUT2D eigenvalue weighted by Crippen LogP contribution is 2.40. The molecule has 0 fully saturated rings. The summed E-state index contributed by atoms with van der Waals surface area (Å²) in [5.74, 6) is 1.73. The highest BCUT2D eigenvalue weighted by molar-refractivity contribution is 5.55. The molecule has 0 aliphatic carbocycles. The van der Waals surface area contributed by atoms with Gasteiger partial charge in [-0.2, -0.15) is 5.10 Å². The highest BCUT2D eigenvalue weighted by atomic mass is 16.5. The van der Waals surface area contributed by atoms with Gasteiger partial charge in [-0.05, 0) is 30.7 Å². The van der Waals surface area contributed by atoms with Gasteiger partial charge < -0.3 is 19.9 Å². The van der Waals surface area contributed by atoms with Crippen LogP contribution in [0.3, 0.4) is 0 Å². The van der Waals surface area contributed by atoms with Crippen LogP contribution < -0.4 is 19.9 Å². The predicted octanol–water partition coefficient (Wildman–Crippen LogP) is 1.98. The lowest BCUT2D eigenvalue weighted by atomic mass is 10.0. The number of nitrogens with two attached hydrogens (primary N) is 1. The third-order valence-electron chi connectivity index (χ3n) is 3.41. The molecule has 1 atom stereocenters. The van der Waals surface area contributed by atoms with E-state index in [4.69, 9.17) is 19.9 Å². The van der Waals surface area contributed by atoms with Crippen LogP contribution in [0.15, 0.2) is 24.4 Å². The molecule has 0 radical (unpaired) electrons. The van der Waals surface area contributed by atoms with Gasteiger partial charge in [0.05, 0.1) is 33.1 Å². The first-order valence-electron chi connectivity index (χ1n) is 6.73. The van der Waals surface area contributed by atoms with E-state index in [1.165, 1.54) is 0 Å². The van der Waals surface area contributed by atoms with E-state index in [0.717, 1.165) is 17.8 Å². The van der Waals surface area contributed by atoms with E-state index in [1.807, 2.05) is 29.8 Å². The molecule has 114 valence electrons. The summed E-state index contributed by atoms with van der Waals surface area (Å²) in [5.41, 5.74) is 8.17. The lowest BCUT2D eigenvalue weighted by Crippen LogP contribution is -2.17. The molecule has 2 N–H and O–H groups in total. The van der Waals surface area contributed by atoms with Gasteiger partial charge >= 0.3 is 0 Å². The van der Waals surface area contributed by atoms with Crippen molar-refractivity contribution in [2.24, 2.45) is 5.73 Å². The quantitative estimate of drug-likeness (QED) is 0.881. The van der Waals surface area contributed by atoms with Crippen molar-refractivity contribution in [3.05, 3.63) is 35.7 Å². The number of nitrogens with zero attached hydrogens (tertiary/aromatic N) is 2. The molecule has 0 saturated heterocycles. The molecular formula is C15H21N3O3. The zero-order chi connectivity index (χ0) is 15.4. The molecule has 1 unspecified atom stereocenters. The number of hydrogen-bond acceptors (Lipinski definition) is 5. The molecule has 1 aromatic heterocycles. The molecule has 0 aliphatic heterocycles. The van der Waals surface area contributed by atoms with E-state index in [2.05, 4.69) is 5.10 Å². The first-order chi connectivity index (χ1) is 10.2. The number of methoxy groups -OCH3 is 3. The molecule has 0 amide bonds. The molecule has 0 bridgehead atoms. The Labute approximate surface area is 124 Å². The van der Waals surface area contributed by atoms with Crippen molar-refractivity contribution in [1.82, 2.24) is 9.78 Å². The number of rotatable bonds is 6. The topological polar surface area (TPSA) is 71.5 Å². The fraction of sp³-hybridized carbons (Fsp3) is 0.400. The van der Waals surface area contributed by atoms with E-state index in [1.54, 1.807) is 27.5 Å². The molecule has 0 saturated carbocycles. The summed E-state index contributed by atoms with van der Waals surface area (Å²) >= 11 is 0. The van der Waals surface area contributed by atoms with Crippen LogP contribution in [0.4, 0.5) is 0 Å². The average Bonchev–Trinajstić information content (AvgIpc) is 3.01. The Kier molecular flexibility index (Phi) is 4.70. The Hall–Kier alpha value is -2.21. The predicted molar refractivity (Wildman–Crippen MR) is 80.0 cm³/mol. The van der Waals surface area contributed by atoms with Crippen LogP contribution in [0.5, 0.6) is 17.2 Å². The minimum absolute atomic E-state index is 0.318. The average molecular weight is 291 g/mol. The van der Waals surface area contributed by atoms with E-state index in [0.29, 0.717) is 17.2 Å². The third-order valence-corrected chi connectivity index (χ3v) is 3.41. The van der Waals surface area contributed by atoms with Crippen molar-refractivity contribution < 1.29 is 14.2 Å². The Morgan fingerprint density at radius 1 is 1.14 bits per heavy atom. The summed E-state index contributed by atoms with van der Waals surface area (Å²) in [5, 5.41) is 4.25. The molecule has 0 aliphatic rings. The number of ether oxygens (including phenoxy) is 3. The van der Waals surface area contributed by atoms with Crippen molar-refractivity contribution >= 4 is 0 Å². The summed E-state index contributed by atoms with van der Waals surface area (Å²) in [4.78, 5) is 0. The van der Waals surface area contributed by atoms with Crippen molar-refractivity contribution in [3.8, 4) is 17.2 Å². The zero-order valence-electron chi connectivity index (χ0n) is 12.8. The minimum Gasteiger partial charge on any atom is -0.493 e. The van der Waals surface area contributed by atoms with Crippen LogP contribution in [-0.2, 0) is 6.54 Å². The molecule has 1 aromatic carbocycles. The Bertz CT molecular complexity index is 585. The lowest BCUT2D eigenvalue weighted by Gasteiger charge is -2.18. The van der Waals surface area contributed by atoms with Gasteiger partial charge in [-0.15, -0.1) is 0 Å². The van der Waals surface area contributed by atoms with E-state index in [-0.39, 0.29) is 6.04 Å². The number of aryl methyl sites for hydroxylation is 1. The van der Waals surface area contributed by atoms with Gasteiger partial charge in [-0.1, -0.05) is 0 Å². The Morgan fingerprint density at radius 3 is 2.24 bits per heavy atom. The van der Waals surface area contributed by atoms with Gasteiger partial charge in [-0.3, -0.25) is 4.68 Å². The number of hydrogen-bond donors (Lipinski definition) is 1. The van der Waals surface area contributed by atoms with Gasteiger partial charge in [0, 0.05) is 12.7 Å². The van der Waals surface area contributed by atoms with Crippen molar-refractivity contribution in [2.45, 2.75) is 19.5 Å². The van der Waals surface area contributed by atoms with Crippen LogP contribution in [0.1, 0.15) is 24.2 Å². The number of aromatic nitrogens is 2. The summed E-state index contributed by atoms with van der Waals surface area (Å²) in [7, 11) is 4.75. The molecular weight excluding hydrogens is 270 g/mol. The molecule has 2 aromatic rings. The molecule has 21 heavy (non-hydrogen) atoms. The standard InChI is InChI=1S/C15H21N3O3/c1-5-18-11(6-7-17-18)14(16)10-8-12(19-2)15(21-4)13(9-10)20-3/h6-9,14H,5,16H2,1-4H3. The van der Waals surface area contributed by atoms with Gasteiger partial charge in [0.15, 0.2) is 11.5 Å². The van der Waals surface area contributed by atoms with Gasteiger partial charge in [0.25, 0.3) is 0 Å². The van der Waals surface area contributed by atoms with E-state index >= 15 is 0 Å². The summed E-state index contributed by atoms with van der Waals surface area (Å²) in [6.45, 7) is 2.79. The zero-order valence-corrected chi connectivity index (χ0v) is 12.8. The molecule has 6 heteroatoms. The van der Waals surface area contributed by atoms with Crippen LogP contribution in [0.2, 0.25) is 0 Å². The van der Waals surface area contributed by atoms with Crippen LogP contribution in [-0.4, -0.2) is 31.1 Å². The van der Waals surface area contributed by atoms with Gasteiger partial charge in [0.1, 0.15) is 0 Å². The molecule has 1 heterocycles. The summed E-state index contributed by atoms with van der Waals surface area (Å²) < 4.78 is 17.9. The normalized spacial score (nSPS) is 12.0. The maximum absolute atomic E-state index is 6.36. The smallest absolute Gasteiger partial charge is 0.203 e. The van der Waals surface area contributed by atoms with E-state index in [9.17, 15) is 0 Å². The fourth-order valence-corrected chi connectivity index (χ4v) is 2.32. The van der Waals surface area contributed by atoms with Crippen LogP contribution >= 0.6 is 0 Å². The lowest BCUT2D eigenvalue weighted by molar-refractivity contribution is 0.323. The monoisotopic (exact) mass is 291 g/mol. The largest absolute Gasteiger partial charge is 0.493 e. The van der Waals surface area contributed by atoms with Crippen molar-refractivity contribution in [2.75, 3.05) is 21.3 Å². The maximum atomic E-state index is 6.36. The van der Waals surface area contributed by atoms with Crippen LogP contribution in [0, 0.1) is 0 Å². The molecule has 0 spiro atoms. The molecule has 2 rings (SSSR count). The van der Waals surface area contributed by atoms with Crippen molar-refractivity contribution in [1.29, 1.82) is 0 Å². The third kappa shape index (κ3) is 2.80. The molecule has 6 nitrogen and oxygen atoms in total. The SMILES string of the molecule is CCn1nccc1C(N)c1cc(OC)c(OC)c(OC)c1. The van der Waals surface area contributed by atoms with Crippen molar-refractivity contribution in [3.63, 3.8) is 0 Å². The fourth-order valence-electron chi connectivity index (χ4n) is 2.32. The second-order valence-corrected chi connectivity index (χ2v) is 4.51. The summed E-state index contributed by atoms with van der Waals surface area (Å²) in [6, 6.07) is 5.32. The first-order valence-corrected chi connectivity index (χ1v) is 6.73. The number of benzene rings is 1. The first kappa shape index (κ1) is 15.2. The van der Waals surface area contributed by atoms with Crippen LogP contribution in [0.25, 0.3) is 0 Å². The second kappa shape index (κ2) is 6.49. The van der Waals surface area contributed by atoms with Gasteiger partial charge in [0.2, 0.25) is 5.75 Å². The summed E-state index contributed by atoms with van der Waals surface area (Å²) in [6.07, 6.45) is 1.75. The minimum atomic E-state index is -0.318. The Balaban J connectivity index is 2.48.